The molecule has 2 saturated heterocycles. The molecule has 2 aliphatic rings. The molecule has 2 heterocycles. The summed E-state index contributed by atoms with van der Waals surface area (Å²) in [6, 6.07) is 0. The van der Waals surface area contributed by atoms with Crippen LogP contribution in [0.2, 0.25) is 0 Å². The van der Waals surface area contributed by atoms with E-state index in [0.29, 0.717) is 26.3 Å². The van der Waals surface area contributed by atoms with Crippen LogP contribution in [0.15, 0.2) is 0 Å². The third-order valence-electron chi connectivity index (χ3n) is 4.18. The average Bonchev–Trinajstić information content (AvgIpc) is 2.91. The minimum atomic E-state index is -0.505. The highest BCUT2D eigenvalue weighted by Gasteiger charge is 2.45. The van der Waals surface area contributed by atoms with Crippen LogP contribution in [0.1, 0.15) is 40.0 Å². The molecule has 0 bridgehead atoms. The van der Waals surface area contributed by atoms with Gasteiger partial charge in [0, 0.05) is 25.1 Å². The number of nitrogens with zero attached hydrogens (tertiary/aromatic N) is 1. The Labute approximate surface area is 120 Å². The molecule has 2 fully saturated rings. The Morgan fingerprint density at radius 2 is 2.20 bits per heavy atom. The number of aldehydes is 1. The van der Waals surface area contributed by atoms with Crippen LogP contribution in [0.3, 0.4) is 0 Å². The first-order valence-electron chi connectivity index (χ1n) is 7.38. The Balaban J connectivity index is 2.06. The lowest BCUT2D eigenvalue weighted by molar-refractivity contribution is -0.123. The van der Waals surface area contributed by atoms with Crippen molar-refractivity contribution in [1.82, 2.24) is 4.90 Å². The molecule has 0 N–H and O–H groups in total. The van der Waals surface area contributed by atoms with Gasteiger partial charge in [0.15, 0.2) is 0 Å². The smallest absolute Gasteiger partial charge is 0.410 e. The van der Waals surface area contributed by atoms with Gasteiger partial charge in [-0.1, -0.05) is 0 Å². The van der Waals surface area contributed by atoms with Crippen LogP contribution < -0.4 is 0 Å². The van der Waals surface area contributed by atoms with Gasteiger partial charge in [-0.25, -0.2) is 4.79 Å². The van der Waals surface area contributed by atoms with Gasteiger partial charge in [0.05, 0.1) is 6.61 Å². The topological polar surface area (TPSA) is 55.8 Å². The fraction of sp³-hybridized carbons (Fsp3) is 0.867. The SMILES string of the molecule is CC(C)(C)OC(=O)N1CCCC(C=O)(C2CCOC2)C1. The molecule has 5 nitrogen and oxygen atoms in total. The van der Waals surface area contributed by atoms with Crippen LogP contribution in [0.4, 0.5) is 4.79 Å². The fourth-order valence-corrected chi connectivity index (χ4v) is 3.11. The zero-order valence-corrected chi connectivity index (χ0v) is 12.7. The zero-order chi connectivity index (χ0) is 14.8. The van der Waals surface area contributed by atoms with Gasteiger partial charge in [0.1, 0.15) is 11.9 Å². The first-order chi connectivity index (χ1) is 9.36. The normalized spacial score (nSPS) is 31.1. The Bertz CT molecular complexity index is 371. The lowest BCUT2D eigenvalue weighted by Crippen LogP contribution is -2.51. The van der Waals surface area contributed by atoms with E-state index in [-0.39, 0.29) is 12.0 Å². The minimum absolute atomic E-state index is 0.227. The number of piperidine rings is 1. The molecule has 2 atom stereocenters. The van der Waals surface area contributed by atoms with Crippen molar-refractivity contribution in [2.45, 2.75) is 45.6 Å². The average molecular weight is 283 g/mol. The molecule has 0 aromatic rings. The number of hydrogen-bond donors (Lipinski definition) is 0. The van der Waals surface area contributed by atoms with E-state index in [4.69, 9.17) is 9.47 Å². The van der Waals surface area contributed by atoms with E-state index in [0.717, 1.165) is 25.5 Å². The van der Waals surface area contributed by atoms with Crippen molar-refractivity contribution in [1.29, 1.82) is 0 Å². The van der Waals surface area contributed by atoms with Gasteiger partial charge >= 0.3 is 6.09 Å². The lowest BCUT2D eigenvalue weighted by Gasteiger charge is -2.42. The molecule has 20 heavy (non-hydrogen) atoms. The van der Waals surface area contributed by atoms with Crippen molar-refractivity contribution in [3.05, 3.63) is 0 Å². The van der Waals surface area contributed by atoms with Crippen molar-refractivity contribution in [2.75, 3.05) is 26.3 Å². The number of hydrogen-bond acceptors (Lipinski definition) is 4. The van der Waals surface area contributed by atoms with Gasteiger partial charge in [-0.2, -0.15) is 0 Å². The molecule has 2 unspecified atom stereocenters. The summed E-state index contributed by atoms with van der Waals surface area (Å²) >= 11 is 0. The lowest BCUT2D eigenvalue weighted by atomic mass is 9.70. The number of carbonyl (C=O) groups is 2. The molecule has 1 amide bonds. The highest BCUT2D eigenvalue weighted by molar-refractivity contribution is 5.70. The number of rotatable bonds is 2. The standard InChI is InChI=1S/C15H25NO4/c1-14(2,3)20-13(18)16-7-4-6-15(10-16,11-17)12-5-8-19-9-12/h11-12H,4-10H2,1-3H3. The predicted molar refractivity (Wildman–Crippen MR) is 74.5 cm³/mol. The largest absolute Gasteiger partial charge is 0.444 e. The van der Waals surface area contributed by atoms with Gasteiger partial charge in [0.25, 0.3) is 0 Å². The van der Waals surface area contributed by atoms with Crippen molar-refractivity contribution in [3.8, 4) is 0 Å². The highest BCUT2D eigenvalue weighted by atomic mass is 16.6. The predicted octanol–water partition coefficient (Wildman–Crippen LogP) is 2.24. The second-order valence-electron chi connectivity index (χ2n) is 6.92. The van der Waals surface area contributed by atoms with Gasteiger partial charge in [-0.15, -0.1) is 0 Å². The van der Waals surface area contributed by atoms with Crippen LogP contribution in [0, 0.1) is 11.3 Å². The maximum absolute atomic E-state index is 12.2. The molecule has 114 valence electrons. The van der Waals surface area contributed by atoms with Gasteiger partial charge in [-0.3, -0.25) is 0 Å². The molecule has 5 heteroatoms. The van der Waals surface area contributed by atoms with E-state index < -0.39 is 11.0 Å². The van der Waals surface area contributed by atoms with E-state index in [1.165, 1.54) is 0 Å². The molecular weight excluding hydrogens is 258 g/mol. The summed E-state index contributed by atoms with van der Waals surface area (Å²) in [7, 11) is 0. The van der Waals surface area contributed by atoms with Crippen LogP contribution in [-0.4, -0.2) is 49.2 Å². The first kappa shape index (κ1) is 15.3. The maximum Gasteiger partial charge on any atom is 0.410 e. The van der Waals surface area contributed by atoms with Crippen LogP contribution in [0.25, 0.3) is 0 Å². The molecule has 0 aliphatic carbocycles. The number of likely N-dealkylation sites (tertiary alicyclic amines) is 1. The van der Waals surface area contributed by atoms with E-state index in [9.17, 15) is 9.59 Å². The summed E-state index contributed by atoms with van der Waals surface area (Å²) in [5, 5.41) is 0. The molecular formula is C15H25NO4. The Morgan fingerprint density at radius 1 is 1.45 bits per heavy atom. The maximum atomic E-state index is 12.2. The van der Waals surface area contributed by atoms with Crippen molar-refractivity contribution in [2.24, 2.45) is 11.3 Å². The van der Waals surface area contributed by atoms with E-state index >= 15 is 0 Å². The fourth-order valence-electron chi connectivity index (χ4n) is 3.11. The minimum Gasteiger partial charge on any atom is -0.444 e. The molecule has 2 aliphatic heterocycles. The third kappa shape index (κ3) is 3.32. The molecule has 0 saturated carbocycles. The zero-order valence-electron chi connectivity index (χ0n) is 12.7. The summed E-state index contributed by atoms with van der Waals surface area (Å²) in [5.41, 5.74) is -0.958. The Hall–Kier alpha value is -1.10. The summed E-state index contributed by atoms with van der Waals surface area (Å²) < 4.78 is 10.8. The summed E-state index contributed by atoms with van der Waals surface area (Å²) in [6.45, 7) is 8.02. The molecule has 0 radical (unpaired) electrons. The molecule has 0 aromatic carbocycles. The van der Waals surface area contributed by atoms with Crippen LogP contribution >= 0.6 is 0 Å². The van der Waals surface area contributed by atoms with Crippen molar-refractivity contribution in [3.63, 3.8) is 0 Å². The van der Waals surface area contributed by atoms with Gasteiger partial charge in [0.2, 0.25) is 0 Å². The van der Waals surface area contributed by atoms with Gasteiger partial charge < -0.3 is 19.2 Å². The second-order valence-corrected chi connectivity index (χ2v) is 6.92. The Morgan fingerprint density at radius 3 is 2.75 bits per heavy atom. The molecule has 0 aromatic heterocycles. The summed E-state index contributed by atoms with van der Waals surface area (Å²) in [4.78, 5) is 25.6. The van der Waals surface area contributed by atoms with Crippen molar-refractivity contribution < 1.29 is 19.1 Å². The second kappa shape index (κ2) is 5.72. The van der Waals surface area contributed by atoms with Gasteiger partial charge in [-0.05, 0) is 46.0 Å². The highest BCUT2D eigenvalue weighted by Crippen LogP contribution is 2.40. The number of ether oxygens (including phenoxy) is 2. The monoisotopic (exact) mass is 283 g/mol. The van der Waals surface area contributed by atoms with Crippen molar-refractivity contribution >= 4 is 12.4 Å². The number of amides is 1. The number of carbonyl (C=O) groups excluding carboxylic acids is 2. The summed E-state index contributed by atoms with van der Waals surface area (Å²) in [5.74, 6) is 0.227. The molecule has 0 spiro atoms. The third-order valence-corrected chi connectivity index (χ3v) is 4.18. The van der Waals surface area contributed by atoms with Crippen LogP contribution in [-0.2, 0) is 14.3 Å². The Kier molecular flexibility index (Phi) is 4.37. The van der Waals surface area contributed by atoms with E-state index in [1.807, 2.05) is 20.8 Å². The first-order valence-corrected chi connectivity index (χ1v) is 7.38. The quantitative estimate of drug-likeness (QED) is 0.729. The molecule has 2 rings (SSSR count). The van der Waals surface area contributed by atoms with Crippen LogP contribution in [0.5, 0.6) is 0 Å². The van der Waals surface area contributed by atoms with E-state index in [2.05, 4.69) is 0 Å². The summed E-state index contributed by atoms with van der Waals surface area (Å²) in [6.07, 6.45) is 3.31. The van der Waals surface area contributed by atoms with E-state index in [1.54, 1.807) is 4.90 Å².